The third-order valence-electron chi connectivity index (χ3n) is 2.30. The second-order valence-corrected chi connectivity index (χ2v) is 6.71. The fraction of sp³-hybridized carbons (Fsp3) is 0.900. The van der Waals surface area contributed by atoms with Crippen LogP contribution >= 0.6 is 23.5 Å². The van der Waals surface area contributed by atoms with Crippen LogP contribution in [0.1, 0.15) is 20.8 Å². The van der Waals surface area contributed by atoms with Gasteiger partial charge in [0.05, 0.1) is 12.7 Å². The van der Waals surface area contributed by atoms with Crippen molar-refractivity contribution in [2.75, 3.05) is 18.1 Å². The maximum atomic E-state index is 11.9. The van der Waals surface area contributed by atoms with Crippen molar-refractivity contribution in [1.82, 2.24) is 0 Å². The number of esters is 1. The van der Waals surface area contributed by atoms with Gasteiger partial charge in [0.2, 0.25) is 0 Å². The molecular formula is C10H18O3S2. The van der Waals surface area contributed by atoms with Crippen molar-refractivity contribution >= 4 is 29.5 Å². The molecule has 1 rings (SSSR count). The van der Waals surface area contributed by atoms with E-state index in [1.807, 2.05) is 13.8 Å². The molecule has 0 radical (unpaired) electrons. The van der Waals surface area contributed by atoms with E-state index >= 15 is 0 Å². The Kier molecular flexibility index (Phi) is 4.80. The lowest BCUT2D eigenvalue weighted by Crippen LogP contribution is -2.46. The van der Waals surface area contributed by atoms with Crippen LogP contribution in [0.25, 0.3) is 0 Å². The van der Waals surface area contributed by atoms with E-state index in [1.54, 1.807) is 6.92 Å². The van der Waals surface area contributed by atoms with Crippen molar-refractivity contribution in [2.45, 2.75) is 31.0 Å². The van der Waals surface area contributed by atoms with Crippen molar-refractivity contribution in [1.29, 1.82) is 0 Å². The Morgan fingerprint density at radius 2 is 2.00 bits per heavy atom. The van der Waals surface area contributed by atoms with Crippen LogP contribution in [0.2, 0.25) is 0 Å². The highest BCUT2D eigenvalue weighted by Gasteiger charge is 2.51. The lowest BCUT2D eigenvalue weighted by Gasteiger charge is -2.32. The van der Waals surface area contributed by atoms with Crippen LogP contribution in [-0.4, -0.2) is 39.4 Å². The van der Waals surface area contributed by atoms with Crippen molar-refractivity contribution in [3.63, 3.8) is 0 Å². The summed E-state index contributed by atoms with van der Waals surface area (Å²) in [7, 11) is 0. The van der Waals surface area contributed by atoms with Crippen LogP contribution in [0, 0.1) is 5.92 Å². The van der Waals surface area contributed by atoms with Crippen molar-refractivity contribution in [2.24, 2.45) is 5.92 Å². The molecule has 88 valence electrons. The average molecular weight is 250 g/mol. The van der Waals surface area contributed by atoms with Crippen molar-refractivity contribution in [3.05, 3.63) is 0 Å². The predicted octanol–water partition coefficient (Wildman–Crippen LogP) is 1.74. The summed E-state index contributed by atoms with van der Waals surface area (Å²) in [6, 6.07) is 0. The van der Waals surface area contributed by atoms with Crippen LogP contribution in [-0.2, 0) is 9.53 Å². The number of rotatable bonds is 4. The first kappa shape index (κ1) is 13.2. The van der Waals surface area contributed by atoms with Gasteiger partial charge in [0.1, 0.15) is 0 Å². The van der Waals surface area contributed by atoms with Gasteiger partial charge in [0.25, 0.3) is 0 Å². The van der Waals surface area contributed by atoms with E-state index in [-0.39, 0.29) is 11.9 Å². The summed E-state index contributed by atoms with van der Waals surface area (Å²) in [5.41, 5.74) is 0. The van der Waals surface area contributed by atoms with Gasteiger partial charge in [-0.2, -0.15) is 0 Å². The first-order chi connectivity index (χ1) is 7.04. The second kappa shape index (κ2) is 5.46. The second-order valence-electron chi connectivity index (χ2n) is 3.77. The largest absolute Gasteiger partial charge is 0.464 e. The van der Waals surface area contributed by atoms with Crippen molar-refractivity contribution in [3.8, 4) is 0 Å². The first-order valence-corrected chi connectivity index (χ1v) is 7.15. The number of aliphatic hydroxyl groups excluding tert-OH is 1. The Labute approximate surface area is 99.3 Å². The summed E-state index contributed by atoms with van der Waals surface area (Å²) < 4.78 is 4.27. The maximum absolute atomic E-state index is 11.9. The first-order valence-electron chi connectivity index (χ1n) is 5.17. The van der Waals surface area contributed by atoms with Gasteiger partial charge in [-0.1, -0.05) is 13.8 Å². The van der Waals surface area contributed by atoms with Crippen LogP contribution in [0.3, 0.4) is 0 Å². The third-order valence-corrected chi connectivity index (χ3v) is 5.75. The molecule has 1 aliphatic heterocycles. The highest BCUT2D eigenvalue weighted by atomic mass is 32.2. The molecular weight excluding hydrogens is 232 g/mol. The van der Waals surface area contributed by atoms with E-state index in [2.05, 4.69) is 0 Å². The normalized spacial score (nSPS) is 21.7. The molecule has 1 heterocycles. The smallest absolute Gasteiger partial charge is 0.335 e. The fourth-order valence-corrected chi connectivity index (χ4v) is 4.85. The summed E-state index contributed by atoms with van der Waals surface area (Å²) >= 11 is 3.03. The molecule has 0 spiro atoms. The van der Waals surface area contributed by atoms with E-state index in [9.17, 15) is 9.90 Å². The molecule has 0 saturated carbocycles. The quantitative estimate of drug-likeness (QED) is 0.770. The minimum Gasteiger partial charge on any atom is -0.464 e. The van der Waals surface area contributed by atoms with Gasteiger partial charge in [-0.05, 0) is 12.8 Å². The minimum absolute atomic E-state index is 0.0625. The highest BCUT2D eigenvalue weighted by Crippen LogP contribution is 2.48. The van der Waals surface area contributed by atoms with E-state index in [4.69, 9.17) is 4.74 Å². The van der Waals surface area contributed by atoms with Gasteiger partial charge in [-0.3, -0.25) is 0 Å². The maximum Gasteiger partial charge on any atom is 0.335 e. The zero-order valence-corrected chi connectivity index (χ0v) is 11.0. The standard InChI is InChI=1S/C10H18O3S2/c1-4-13-9(12)10(8(11)7(2)3)14-5-6-15-10/h7-8,11H,4-6H2,1-3H3/t8-/m0/s1. The Hall–Kier alpha value is 0.130. The van der Waals surface area contributed by atoms with E-state index < -0.39 is 10.2 Å². The Morgan fingerprint density at radius 3 is 2.40 bits per heavy atom. The number of aliphatic hydroxyl groups is 1. The molecule has 0 unspecified atom stereocenters. The fourth-order valence-electron chi connectivity index (χ4n) is 1.51. The van der Waals surface area contributed by atoms with E-state index in [0.717, 1.165) is 11.5 Å². The number of hydrogen-bond acceptors (Lipinski definition) is 5. The molecule has 15 heavy (non-hydrogen) atoms. The number of thioether (sulfide) groups is 2. The molecule has 1 N–H and O–H groups in total. The monoisotopic (exact) mass is 250 g/mol. The van der Waals surface area contributed by atoms with Gasteiger partial charge in [-0.15, -0.1) is 23.5 Å². The lowest BCUT2D eigenvalue weighted by atomic mass is 10.0. The van der Waals surface area contributed by atoms with Gasteiger partial charge >= 0.3 is 5.97 Å². The molecule has 0 aromatic heterocycles. The molecule has 1 saturated heterocycles. The zero-order chi connectivity index (χ0) is 11.5. The number of carbonyl (C=O) groups excluding carboxylic acids is 1. The Balaban J connectivity index is 2.82. The van der Waals surface area contributed by atoms with E-state index in [0.29, 0.717) is 6.61 Å². The van der Waals surface area contributed by atoms with E-state index in [1.165, 1.54) is 23.5 Å². The van der Waals surface area contributed by atoms with Crippen LogP contribution in [0.5, 0.6) is 0 Å². The van der Waals surface area contributed by atoms with Gasteiger partial charge in [-0.25, -0.2) is 4.79 Å². The minimum atomic E-state index is -0.788. The molecule has 0 aliphatic carbocycles. The number of ether oxygens (including phenoxy) is 1. The van der Waals surface area contributed by atoms with Gasteiger partial charge in [0.15, 0.2) is 4.08 Å². The van der Waals surface area contributed by atoms with Gasteiger partial charge < -0.3 is 9.84 Å². The summed E-state index contributed by atoms with van der Waals surface area (Å²) in [6.45, 7) is 6.00. The summed E-state index contributed by atoms with van der Waals surface area (Å²) in [5.74, 6) is 1.58. The van der Waals surface area contributed by atoms with Crippen LogP contribution in [0.15, 0.2) is 0 Å². The Bertz CT molecular complexity index is 225. The van der Waals surface area contributed by atoms with Crippen LogP contribution in [0.4, 0.5) is 0 Å². The SMILES string of the molecule is CCOC(=O)C1([C@@H](O)C(C)C)SCCS1. The third kappa shape index (κ3) is 2.63. The summed E-state index contributed by atoms with van der Waals surface area (Å²) in [4.78, 5) is 11.9. The molecule has 1 atom stereocenters. The molecule has 1 fully saturated rings. The number of carbonyl (C=O) groups is 1. The zero-order valence-electron chi connectivity index (χ0n) is 9.36. The molecule has 0 amide bonds. The molecule has 3 nitrogen and oxygen atoms in total. The number of hydrogen-bond donors (Lipinski definition) is 1. The van der Waals surface area contributed by atoms with Crippen LogP contribution < -0.4 is 0 Å². The molecule has 5 heteroatoms. The molecule has 1 aliphatic rings. The average Bonchev–Trinajstić information content (AvgIpc) is 2.66. The molecule has 0 bridgehead atoms. The molecule has 0 aromatic carbocycles. The summed E-state index contributed by atoms with van der Waals surface area (Å²) in [5, 5.41) is 10.1. The summed E-state index contributed by atoms with van der Waals surface area (Å²) in [6.07, 6.45) is -0.644. The topological polar surface area (TPSA) is 46.5 Å². The predicted molar refractivity (Wildman–Crippen MR) is 65.1 cm³/mol. The van der Waals surface area contributed by atoms with Gasteiger partial charge in [0, 0.05) is 11.5 Å². The lowest BCUT2D eigenvalue weighted by molar-refractivity contribution is -0.146. The highest BCUT2D eigenvalue weighted by molar-refractivity contribution is 8.22. The molecule has 0 aromatic rings. The van der Waals surface area contributed by atoms with Crippen molar-refractivity contribution < 1.29 is 14.6 Å². The Morgan fingerprint density at radius 1 is 1.47 bits per heavy atom.